The van der Waals surface area contributed by atoms with E-state index < -0.39 is 0 Å². The second kappa shape index (κ2) is 20.8. The van der Waals surface area contributed by atoms with Gasteiger partial charge in [-0.3, -0.25) is 0 Å². The molecule has 0 radical (unpaired) electrons. The lowest BCUT2D eigenvalue weighted by molar-refractivity contribution is 1.16. The van der Waals surface area contributed by atoms with Crippen LogP contribution in [0, 0.1) is 29.2 Å². The van der Waals surface area contributed by atoms with Gasteiger partial charge in [-0.1, -0.05) is 181 Å². The van der Waals surface area contributed by atoms with Gasteiger partial charge >= 0.3 is 0 Å². The molecular weight excluding hydrogens is 1010 g/mol. The van der Waals surface area contributed by atoms with E-state index in [1.165, 1.54) is 0 Å². The maximum Gasteiger partial charge on any atom is 0.204 e. The molecule has 9 heteroatoms. The van der Waals surface area contributed by atoms with E-state index in [0.29, 0.717) is 16.7 Å². The Kier molecular flexibility index (Phi) is 12.8. The van der Waals surface area contributed by atoms with Crippen LogP contribution in [-0.2, 0) is 0 Å². The van der Waals surface area contributed by atoms with Crippen LogP contribution in [0.5, 0.6) is 0 Å². The van der Waals surface area contributed by atoms with Gasteiger partial charge in [-0.15, -0.1) is 0 Å². The monoisotopic (exact) mass is 1050 g/mol. The van der Waals surface area contributed by atoms with Crippen LogP contribution in [0.15, 0.2) is 248 Å². The van der Waals surface area contributed by atoms with Crippen molar-refractivity contribution in [2.45, 2.75) is 29.4 Å². The summed E-state index contributed by atoms with van der Waals surface area (Å²) in [5, 5.41) is 22.4. The van der Waals surface area contributed by atoms with E-state index in [0.717, 1.165) is 97.2 Å². The number of rotatable bonds is 9. The molecule has 0 unspecified atom stereocenters. The molecule has 10 aromatic rings. The van der Waals surface area contributed by atoms with Gasteiger partial charge in [-0.05, 0) is 137 Å². The lowest BCUT2D eigenvalue weighted by Gasteiger charge is -2.33. The van der Waals surface area contributed by atoms with Crippen LogP contribution in [0.2, 0.25) is 0 Å². The summed E-state index contributed by atoms with van der Waals surface area (Å²) in [4.78, 5) is 17.7. The molecular formula is C69H42N6S3. The van der Waals surface area contributed by atoms with E-state index in [2.05, 4.69) is 232 Å². The molecule has 78 heavy (non-hydrogen) atoms. The predicted molar refractivity (Wildman–Crippen MR) is 325 cm³/mol. The Morgan fingerprint density at radius 3 is 0.949 bits per heavy atom. The third-order valence-corrected chi connectivity index (χ3v) is 17.3. The number of para-hydroxylation sites is 6. The molecule has 0 spiro atoms. The van der Waals surface area contributed by atoms with Crippen molar-refractivity contribution < 1.29 is 0 Å². The summed E-state index contributed by atoms with van der Waals surface area (Å²) in [5.74, 6) is 0. The molecule has 13 rings (SSSR count). The second-order valence-corrected chi connectivity index (χ2v) is 21.8. The average Bonchev–Trinajstić information content (AvgIpc) is 3.58. The Labute approximate surface area is 466 Å². The molecule has 0 saturated carbocycles. The first kappa shape index (κ1) is 48.0. The number of benzene rings is 10. The highest BCUT2D eigenvalue weighted by Crippen LogP contribution is 2.55. The fourth-order valence-corrected chi connectivity index (χ4v) is 13.7. The smallest absolute Gasteiger partial charge is 0.204 e. The van der Waals surface area contributed by atoms with Gasteiger partial charge in [-0.25, -0.2) is 4.85 Å². The van der Waals surface area contributed by atoms with Crippen molar-refractivity contribution >= 4 is 129 Å². The fourth-order valence-electron chi connectivity index (χ4n) is 10.4. The van der Waals surface area contributed by atoms with Crippen molar-refractivity contribution in [2.75, 3.05) is 14.7 Å². The van der Waals surface area contributed by atoms with E-state index >= 15 is 0 Å². The highest BCUT2D eigenvalue weighted by molar-refractivity contribution is 8.00. The predicted octanol–water partition coefficient (Wildman–Crippen LogP) is 20.3. The van der Waals surface area contributed by atoms with Crippen molar-refractivity contribution in [1.82, 2.24) is 0 Å². The maximum atomic E-state index is 11.2. The van der Waals surface area contributed by atoms with Gasteiger partial charge < -0.3 is 14.7 Å². The maximum absolute atomic E-state index is 11.2. The molecule has 0 atom stereocenters. The Balaban J connectivity index is 0.923. The zero-order chi connectivity index (χ0) is 52.5. The lowest BCUT2D eigenvalue weighted by atomic mass is 9.88. The van der Waals surface area contributed by atoms with Gasteiger partial charge in [0.05, 0.1) is 64.0 Å². The Hall–Kier alpha value is -9.66. The number of nitrogens with zero attached hydrogens (tertiary/aromatic N) is 6. The quantitative estimate of drug-likeness (QED) is 0.105. The molecule has 3 aliphatic rings. The van der Waals surface area contributed by atoms with Crippen molar-refractivity contribution in [3.63, 3.8) is 0 Å². The zero-order valence-electron chi connectivity index (χ0n) is 41.7. The van der Waals surface area contributed by atoms with E-state index in [1.807, 2.05) is 54.7 Å². The number of nitriles is 2. The third-order valence-electron chi connectivity index (χ3n) is 13.9. The van der Waals surface area contributed by atoms with Gasteiger partial charge in [0.1, 0.15) is 0 Å². The molecule has 0 fully saturated rings. The van der Waals surface area contributed by atoms with Gasteiger partial charge in [0.25, 0.3) is 0 Å². The Morgan fingerprint density at radius 2 is 0.628 bits per heavy atom. The molecule has 0 aromatic heterocycles. The summed E-state index contributed by atoms with van der Waals surface area (Å²) in [6.07, 6.45) is 11.5. The van der Waals surface area contributed by atoms with Crippen molar-refractivity contribution in [3.05, 3.63) is 274 Å². The molecule has 3 aliphatic heterocycles. The van der Waals surface area contributed by atoms with E-state index in [9.17, 15) is 10.5 Å². The fraction of sp³-hybridized carbons (Fsp3) is 0. The summed E-state index contributed by atoms with van der Waals surface area (Å²) in [5.41, 5.74) is 14.5. The highest BCUT2D eigenvalue weighted by Gasteiger charge is 2.28. The Bertz CT molecular complexity index is 3790. The normalized spacial score (nSPS) is 13.0. The number of fused-ring (bicyclic) bond motifs is 6. The molecule has 0 N–H and O–H groups in total. The second-order valence-electron chi connectivity index (χ2n) is 18.6. The van der Waals surface area contributed by atoms with Crippen molar-refractivity contribution in [1.29, 1.82) is 10.5 Å². The first-order chi connectivity index (χ1) is 38.5. The highest BCUT2D eigenvalue weighted by atomic mass is 32.2. The van der Waals surface area contributed by atoms with Crippen LogP contribution in [0.3, 0.4) is 0 Å². The van der Waals surface area contributed by atoms with Gasteiger partial charge in [0, 0.05) is 52.0 Å². The minimum Gasteiger partial charge on any atom is -0.308 e. The van der Waals surface area contributed by atoms with E-state index in [-0.39, 0.29) is 16.8 Å². The number of hydrogen-bond donors (Lipinski definition) is 0. The molecule has 6 nitrogen and oxygen atoms in total. The van der Waals surface area contributed by atoms with E-state index in [4.69, 9.17) is 6.57 Å². The van der Waals surface area contributed by atoms with Crippen LogP contribution in [-0.4, -0.2) is 0 Å². The molecule has 0 saturated heterocycles. The third kappa shape index (κ3) is 8.81. The lowest BCUT2D eigenvalue weighted by Crippen LogP contribution is -2.14. The zero-order valence-corrected chi connectivity index (χ0v) is 44.1. The Morgan fingerprint density at radius 1 is 0.333 bits per heavy atom. The molecule has 3 heterocycles. The minimum atomic E-state index is 0.227. The summed E-state index contributed by atoms with van der Waals surface area (Å²) >= 11 is 5.16. The summed E-state index contributed by atoms with van der Waals surface area (Å²) in [7, 11) is 0. The van der Waals surface area contributed by atoms with Gasteiger partial charge in [0.2, 0.25) is 5.69 Å². The first-order valence-electron chi connectivity index (χ1n) is 25.3. The van der Waals surface area contributed by atoms with Crippen LogP contribution in [0.1, 0.15) is 44.5 Å². The van der Waals surface area contributed by atoms with Crippen LogP contribution in [0.25, 0.3) is 41.3 Å². The van der Waals surface area contributed by atoms with Gasteiger partial charge in [0.15, 0.2) is 0 Å². The van der Waals surface area contributed by atoms with Gasteiger partial charge in [-0.2, -0.15) is 10.5 Å². The number of hydrogen-bond acceptors (Lipinski definition) is 8. The SMILES string of the molecule is [C-]#[N+]c1c(/C=C/c2ccc3c(c2)Sc2ccccc2N3c2ccccc2)c(C#N)c(/C=C/c2ccc3c(c2)Sc2ccccc2N3c2ccccc2)c(C#N)c1/C=C/c1ccc2c(c1)Sc1ccccc1N2c1ccccc1. The van der Waals surface area contributed by atoms with Crippen molar-refractivity contribution in [2.24, 2.45) is 0 Å². The molecule has 0 amide bonds. The first-order valence-corrected chi connectivity index (χ1v) is 27.7. The topological polar surface area (TPSA) is 61.7 Å². The molecule has 0 bridgehead atoms. The standard InChI is InChI=1S/C69H42N6S3/c1-72-69-53(36-30-47-33-39-61-67(42-47)77-64-27-15-12-24-58(64)74(61)50-19-7-3-8-20-50)55(44-70)52(35-29-46-32-38-60-66(41-46)76-63-26-14-11-23-57(63)73(60)49-17-5-2-6-18-49)56(45-71)54(69)37-31-48-34-40-62-68(43-48)78-65-28-16-13-25-59(65)75(62)51-21-9-4-10-22-51/h2-43H/b35-29+,36-30+,37-31+. The molecule has 0 aliphatic carbocycles. The van der Waals surface area contributed by atoms with Crippen molar-refractivity contribution in [3.8, 4) is 12.1 Å². The van der Waals surface area contributed by atoms with Crippen LogP contribution >= 0.6 is 35.3 Å². The number of anilines is 9. The summed E-state index contributed by atoms with van der Waals surface area (Å²) in [6, 6.07) is 80.4. The van der Waals surface area contributed by atoms with Crippen LogP contribution in [0.4, 0.5) is 56.9 Å². The van der Waals surface area contributed by atoms with E-state index in [1.54, 1.807) is 35.3 Å². The molecule has 366 valence electrons. The van der Waals surface area contributed by atoms with Crippen LogP contribution < -0.4 is 14.7 Å². The summed E-state index contributed by atoms with van der Waals surface area (Å²) in [6.45, 7) is 8.75. The largest absolute Gasteiger partial charge is 0.308 e. The summed E-state index contributed by atoms with van der Waals surface area (Å²) < 4.78 is 0. The molecule has 10 aromatic carbocycles. The minimum absolute atomic E-state index is 0.227. The average molecular weight is 1050 g/mol.